The summed E-state index contributed by atoms with van der Waals surface area (Å²) in [5.41, 5.74) is 8.34. The van der Waals surface area contributed by atoms with E-state index < -0.39 is 0 Å². The smallest absolute Gasteiger partial charge is 0.135 e. The van der Waals surface area contributed by atoms with Crippen LogP contribution in [0.3, 0.4) is 0 Å². The minimum Gasteiger partial charge on any atom is -0.353 e. The lowest BCUT2D eigenvalue weighted by molar-refractivity contribution is 1.12. The van der Waals surface area contributed by atoms with E-state index in [0.717, 1.165) is 55.7 Å². The molecule has 0 spiro atoms. The van der Waals surface area contributed by atoms with E-state index in [4.69, 9.17) is 4.98 Å². The van der Waals surface area contributed by atoms with Gasteiger partial charge in [0.15, 0.2) is 0 Å². The Morgan fingerprint density at radius 2 is 1.63 bits per heavy atom. The minimum absolute atomic E-state index is 0.778. The Morgan fingerprint density at radius 3 is 2.50 bits per heavy atom. The maximum atomic E-state index is 4.83. The lowest BCUT2D eigenvalue weighted by Crippen LogP contribution is -1.87. The molecule has 30 heavy (non-hydrogen) atoms. The van der Waals surface area contributed by atoms with E-state index in [0.29, 0.717) is 0 Å². The standard InChI is InChI=1S/C23H15N7/c1-2-16(14-6-8-24-9-7-14)17-10-21(27-19(17)3-1)23-22-20(29-30-23)5-4-18(28-22)15-11-25-13-26-12-15/h1-13,27H,(H,29,30). The normalized spacial score (nSPS) is 11.3. The maximum absolute atomic E-state index is 4.83. The molecule has 0 aliphatic rings. The van der Waals surface area contributed by atoms with Gasteiger partial charge >= 0.3 is 0 Å². The highest BCUT2D eigenvalue weighted by Crippen LogP contribution is 2.33. The molecular formula is C23H15N7. The van der Waals surface area contributed by atoms with Crippen LogP contribution >= 0.6 is 0 Å². The highest BCUT2D eigenvalue weighted by atomic mass is 15.1. The van der Waals surface area contributed by atoms with Gasteiger partial charge in [-0.25, -0.2) is 15.0 Å². The van der Waals surface area contributed by atoms with Gasteiger partial charge in [-0.2, -0.15) is 5.10 Å². The summed E-state index contributed by atoms with van der Waals surface area (Å²) in [6, 6.07) is 16.3. The first-order valence-corrected chi connectivity index (χ1v) is 9.50. The molecule has 0 bridgehead atoms. The van der Waals surface area contributed by atoms with Gasteiger partial charge in [-0.3, -0.25) is 10.1 Å². The van der Waals surface area contributed by atoms with E-state index in [2.05, 4.69) is 48.3 Å². The number of rotatable bonds is 3. The van der Waals surface area contributed by atoms with E-state index in [9.17, 15) is 0 Å². The molecule has 0 aliphatic heterocycles. The topological polar surface area (TPSA) is 96.0 Å². The number of aromatic nitrogens is 7. The monoisotopic (exact) mass is 389 g/mol. The molecule has 7 heteroatoms. The number of fused-ring (bicyclic) bond motifs is 2. The molecule has 5 heterocycles. The predicted molar refractivity (Wildman–Crippen MR) is 115 cm³/mol. The van der Waals surface area contributed by atoms with Gasteiger partial charge in [-0.1, -0.05) is 12.1 Å². The highest BCUT2D eigenvalue weighted by molar-refractivity contribution is 6.00. The Bertz CT molecular complexity index is 1480. The van der Waals surface area contributed by atoms with Gasteiger partial charge in [-0.15, -0.1) is 0 Å². The fourth-order valence-electron chi connectivity index (χ4n) is 3.74. The molecule has 0 radical (unpaired) electrons. The second-order valence-electron chi connectivity index (χ2n) is 6.98. The first-order chi connectivity index (χ1) is 14.9. The molecule has 6 aromatic rings. The van der Waals surface area contributed by atoms with Crippen molar-refractivity contribution in [3.63, 3.8) is 0 Å². The Hall–Kier alpha value is -4.39. The van der Waals surface area contributed by atoms with E-state index in [1.54, 1.807) is 12.4 Å². The summed E-state index contributed by atoms with van der Waals surface area (Å²) in [6.45, 7) is 0. The number of hydrogen-bond acceptors (Lipinski definition) is 5. The number of aromatic amines is 2. The molecule has 7 nitrogen and oxygen atoms in total. The molecule has 0 aliphatic carbocycles. The lowest BCUT2D eigenvalue weighted by atomic mass is 10.0. The molecule has 5 aromatic heterocycles. The molecule has 0 unspecified atom stereocenters. The van der Waals surface area contributed by atoms with Crippen molar-refractivity contribution < 1.29 is 0 Å². The van der Waals surface area contributed by atoms with E-state index in [-0.39, 0.29) is 0 Å². The van der Waals surface area contributed by atoms with Gasteiger partial charge in [0.2, 0.25) is 0 Å². The first kappa shape index (κ1) is 16.6. The van der Waals surface area contributed by atoms with Crippen LogP contribution in [0.4, 0.5) is 0 Å². The van der Waals surface area contributed by atoms with Crippen molar-refractivity contribution in [1.29, 1.82) is 0 Å². The third kappa shape index (κ3) is 2.64. The molecular weight excluding hydrogens is 374 g/mol. The second kappa shape index (κ2) is 6.59. The second-order valence-corrected chi connectivity index (χ2v) is 6.98. The third-order valence-corrected chi connectivity index (χ3v) is 5.17. The van der Waals surface area contributed by atoms with Crippen molar-refractivity contribution in [2.24, 2.45) is 0 Å². The highest BCUT2D eigenvalue weighted by Gasteiger charge is 2.15. The van der Waals surface area contributed by atoms with Gasteiger partial charge in [0.05, 0.1) is 16.9 Å². The lowest BCUT2D eigenvalue weighted by Gasteiger charge is -2.02. The minimum atomic E-state index is 0.778. The molecule has 0 amide bonds. The first-order valence-electron chi connectivity index (χ1n) is 9.50. The zero-order valence-electron chi connectivity index (χ0n) is 15.7. The zero-order valence-corrected chi connectivity index (χ0v) is 15.7. The molecule has 0 saturated carbocycles. The van der Waals surface area contributed by atoms with Crippen molar-refractivity contribution in [2.75, 3.05) is 0 Å². The van der Waals surface area contributed by atoms with Crippen LogP contribution in [0.25, 0.3) is 55.7 Å². The van der Waals surface area contributed by atoms with Crippen molar-refractivity contribution in [2.45, 2.75) is 0 Å². The maximum Gasteiger partial charge on any atom is 0.135 e. The number of hydrogen-bond donors (Lipinski definition) is 2. The van der Waals surface area contributed by atoms with Crippen LogP contribution < -0.4 is 0 Å². The average molecular weight is 389 g/mol. The molecule has 0 atom stereocenters. The van der Waals surface area contributed by atoms with Crippen molar-refractivity contribution >= 4 is 21.9 Å². The molecule has 1 aromatic carbocycles. The van der Waals surface area contributed by atoms with Crippen molar-refractivity contribution in [3.8, 4) is 33.8 Å². The molecule has 0 fully saturated rings. The number of nitrogens with one attached hydrogen (secondary N) is 2. The Labute approximate surface area is 170 Å². The fourth-order valence-corrected chi connectivity index (χ4v) is 3.74. The van der Waals surface area contributed by atoms with Crippen molar-refractivity contribution in [3.05, 3.63) is 79.6 Å². The van der Waals surface area contributed by atoms with Gasteiger partial charge < -0.3 is 4.98 Å². The number of pyridine rings is 2. The number of nitrogens with zero attached hydrogens (tertiary/aromatic N) is 5. The summed E-state index contributed by atoms with van der Waals surface area (Å²) >= 11 is 0. The zero-order chi connectivity index (χ0) is 19.9. The summed E-state index contributed by atoms with van der Waals surface area (Å²) in [5, 5.41) is 8.75. The quantitative estimate of drug-likeness (QED) is 0.460. The fraction of sp³-hybridized carbons (Fsp3) is 0. The van der Waals surface area contributed by atoms with Crippen LogP contribution in [0, 0.1) is 0 Å². The number of benzene rings is 1. The SMILES string of the molecule is c1cc(-c2ccncc2)c2cc(-c3n[nH]c4ccc(-c5cncnc5)nc34)[nH]c2c1. The number of H-pyrrole nitrogens is 2. The van der Waals surface area contributed by atoms with Crippen LogP contribution in [-0.2, 0) is 0 Å². The van der Waals surface area contributed by atoms with Crippen molar-refractivity contribution in [1.82, 2.24) is 35.1 Å². The predicted octanol–water partition coefficient (Wildman–Crippen LogP) is 4.63. The van der Waals surface area contributed by atoms with Gasteiger partial charge in [0.25, 0.3) is 0 Å². The van der Waals surface area contributed by atoms with Gasteiger partial charge in [-0.05, 0) is 47.5 Å². The molecule has 2 N–H and O–H groups in total. The summed E-state index contributed by atoms with van der Waals surface area (Å²) < 4.78 is 0. The van der Waals surface area contributed by atoms with Crippen LogP contribution in [0.2, 0.25) is 0 Å². The Balaban J connectivity index is 1.52. The van der Waals surface area contributed by atoms with Crippen LogP contribution in [0.15, 0.2) is 79.6 Å². The Kier molecular flexibility index (Phi) is 3.64. The van der Waals surface area contributed by atoms with Crippen LogP contribution in [0.1, 0.15) is 0 Å². The van der Waals surface area contributed by atoms with Gasteiger partial charge in [0.1, 0.15) is 17.5 Å². The van der Waals surface area contributed by atoms with Gasteiger partial charge in [0, 0.05) is 41.3 Å². The van der Waals surface area contributed by atoms with E-state index in [1.807, 2.05) is 42.7 Å². The van der Waals surface area contributed by atoms with E-state index in [1.165, 1.54) is 6.33 Å². The Morgan fingerprint density at radius 1 is 0.767 bits per heavy atom. The largest absolute Gasteiger partial charge is 0.353 e. The third-order valence-electron chi connectivity index (χ3n) is 5.17. The molecule has 6 rings (SSSR count). The summed E-state index contributed by atoms with van der Waals surface area (Å²) in [7, 11) is 0. The molecule has 142 valence electrons. The average Bonchev–Trinajstić information content (AvgIpc) is 3.43. The van der Waals surface area contributed by atoms with Crippen LogP contribution in [-0.4, -0.2) is 35.1 Å². The van der Waals surface area contributed by atoms with E-state index >= 15 is 0 Å². The summed E-state index contributed by atoms with van der Waals surface area (Å²) in [6.07, 6.45) is 8.63. The summed E-state index contributed by atoms with van der Waals surface area (Å²) in [4.78, 5) is 20.6. The molecule has 0 saturated heterocycles. The van der Waals surface area contributed by atoms with Crippen LogP contribution in [0.5, 0.6) is 0 Å². The summed E-state index contributed by atoms with van der Waals surface area (Å²) in [5.74, 6) is 0.